The summed E-state index contributed by atoms with van der Waals surface area (Å²) in [4.78, 5) is 0. The van der Waals surface area contributed by atoms with Crippen LogP contribution in [-0.2, 0) is 6.42 Å². The van der Waals surface area contributed by atoms with Gasteiger partial charge in [0.25, 0.3) is 0 Å². The number of aromatic hydroxyl groups is 1. The van der Waals surface area contributed by atoms with Crippen LogP contribution in [0.5, 0.6) is 5.75 Å². The Hall–Kier alpha value is 0.591. The summed E-state index contributed by atoms with van der Waals surface area (Å²) in [6, 6.07) is 7.57. The molecule has 1 aromatic rings. The van der Waals surface area contributed by atoms with E-state index in [4.69, 9.17) is 5.11 Å². The van der Waals surface area contributed by atoms with Crippen LogP contribution in [0.1, 0.15) is 51.0 Å². The van der Waals surface area contributed by atoms with Crippen LogP contribution in [-0.4, -0.2) is 54.0 Å². The number of hydrogen-bond donors (Lipinski definition) is 1. The first-order valence-corrected chi connectivity index (χ1v) is 6.11. The molecular weight excluding hydrogens is 321 g/mol. The molecular formula is C14H22BaO. The molecule has 0 saturated heterocycles. The fraction of sp³-hybridized carbons (Fsp3) is 0.571. The summed E-state index contributed by atoms with van der Waals surface area (Å²) in [6.07, 6.45) is 9.19. The van der Waals surface area contributed by atoms with Crippen molar-refractivity contribution in [3.05, 3.63) is 29.8 Å². The van der Waals surface area contributed by atoms with Gasteiger partial charge in [0.05, 0.1) is 0 Å². The number of benzene rings is 1. The Kier molecular flexibility index (Phi) is 11.1. The van der Waals surface area contributed by atoms with E-state index >= 15 is 0 Å². The SMILES string of the molecule is CCCCCCCCc1ccc(O)cc1.[Ba]. The Balaban J connectivity index is 0.00000225. The Morgan fingerprint density at radius 3 is 2.06 bits per heavy atom. The van der Waals surface area contributed by atoms with Gasteiger partial charge < -0.3 is 5.11 Å². The van der Waals surface area contributed by atoms with Gasteiger partial charge >= 0.3 is 0 Å². The van der Waals surface area contributed by atoms with E-state index in [9.17, 15) is 0 Å². The number of phenolic OH excluding ortho intramolecular Hbond substituents is 1. The van der Waals surface area contributed by atoms with Gasteiger partial charge in [-0.05, 0) is 30.5 Å². The van der Waals surface area contributed by atoms with Gasteiger partial charge in [0, 0.05) is 48.9 Å². The Morgan fingerprint density at radius 2 is 1.44 bits per heavy atom. The van der Waals surface area contributed by atoms with E-state index in [1.54, 1.807) is 12.1 Å². The van der Waals surface area contributed by atoms with Crippen LogP contribution in [0.15, 0.2) is 24.3 Å². The Morgan fingerprint density at radius 1 is 0.875 bits per heavy atom. The van der Waals surface area contributed by atoms with Crippen molar-refractivity contribution in [1.82, 2.24) is 0 Å². The maximum atomic E-state index is 9.13. The average molecular weight is 344 g/mol. The zero-order valence-corrected chi connectivity index (χ0v) is 14.9. The summed E-state index contributed by atoms with van der Waals surface area (Å²) >= 11 is 0. The zero-order valence-electron chi connectivity index (χ0n) is 10.4. The molecule has 16 heavy (non-hydrogen) atoms. The fourth-order valence-electron chi connectivity index (χ4n) is 1.77. The second-order valence-electron chi connectivity index (χ2n) is 4.18. The molecule has 0 atom stereocenters. The summed E-state index contributed by atoms with van der Waals surface area (Å²) in [6.45, 7) is 2.25. The normalized spacial score (nSPS) is 9.81. The van der Waals surface area contributed by atoms with Gasteiger partial charge in [0.15, 0.2) is 0 Å². The quantitative estimate of drug-likeness (QED) is 0.588. The van der Waals surface area contributed by atoms with Gasteiger partial charge in [-0.2, -0.15) is 0 Å². The van der Waals surface area contributed by atoms with E-state index < -0.39 is 0 Å². The average Bonchev–Trinajstić information content (AvgIpc) is 2.26. The van der Waals surface area contributed by atoms with Gasteiger partial charge in [0.2, 0.25) is 0 Å². The van der Waals surface area contributed by atoms with Crippen molar-refractivity contribution in [3.8, 4) is 5.75 Å². The minimum Gasteiger partial charge on any atom is -0.508 e. The molecule has 1 rings (SSSR count). The molecule has 86 valence electrons. The minimum absolute atomic E-state index is 0. The molecule has 0 spiro atoms. The topological polar surface area (TPSA) is 20.2 Å². The van der Waals surface area contributed by atoms with Crippen LogP contribution in [0.4, 0.5) is 0 Å². The monoisotopic (exact) mass is 344 g/mol. The number of rotatable bonds is 7. The number of aryl methyl sites for hydroxylation is 1. The first kappa shape index (κ1) is 16.6. The molecule has 1 aromatic carbocycles. The smallest absolute Gasteiger partial charge is 0.115 e. The molecule has 0 aliphatic heterocycles. The van der Waals surface area contributed by atoms with Crippen molar-refractivity contribution in [2.45, 2.75) is 51.9 Å². The number of phenols is 1. The fourth-order valence-corrected chi connectivity index (χ4v) is 1.77. The third-order valence-corrected chi connectivity index (χ3v) is 2.76. The van der Waals surface area contributed by atoms with Crippen LogP contribution in [0.2, 0.25) is 0 Å². The van der Waals surface area contributed by atoms with E-state index in [2.05, 4.69) is 6.92 Å². The molecule has 2 radical (unpaired) electrons. The molecule has 1 nitrogen and oxygen atoms in total. The molecule has 0 amide bonds. The van der Waals surface area contributed by atoms with Crippen LogP contribution in [0, 0.1) is 0 Å². The largest absolute Gasteiger partial charge is 0.508 e. The van der Waals surface area contributed by atoms with Crippen molar-refractivity contribution in [2.24, 2.45) is 0 Å². The second kappa shape index (κ2) is 10.7. The van der Waals surface area contributed by atoms with Gasteiger partial charge in [-0.15, -0.1) is 0 Å². The van der Waals surface area contributed by atoms with Crippen molar-refractivity contribution in [2.75, 3.05) is 0 Å². The van der Waals surface area contributed by atoms with E-state index in [-0.39, 0.29) is 48.9 Å². The third-order valence-electron chi connectivity index (χ3n) is 2.76. The summed E-state index contributed by atoms with van der Waals surface area (Å²) in [7, 11) is 0. The standard InChI is InChI=1S/C14H22O.Ba/c1-2-3-4-5-6-7-8-13-9-11-14(15)12-10-13;/h9-12,15H,2-8H2,1H3;. The van der Waals surface area contributed by atoms with Gasteiger partial charge in [-0.3, -0.25) is 0 Å². The Labute approximate surface area is 140 Å². The molecule has 1 N–H and O–H groups in total. The van der Waals surface area contributed by atoms with Crippen LogP contribution < -0.4 is 0 Å². The maximum Gasteiger partial charge on any atom is 0.115 e. The van der Waals surface area contributed by atoms with Crippen molar-refractivity contribution >= 4 is 48.9 Å². The molecule has 0 aliphatic carbocycles. The van der Waals surface area contributed by atoms with Crippen molar-refractivity contribution in [1.29, 1.82) is 0 Å². The van der Waals surface area contributed by atoms with Crippen molar-refractivity contribution in [3.63, 3.8) is 0 Å². The van der Waals surface area contributed by atoms with Gasteiger partial charge in [-0.25, -0.2) is 0 Å². The molecule has 0 heterocycles. The predicted octanol–water partition coefficient (Wildman–Crippen LogP) is 3.91. The van der Waals surface area contributed by atoms with E-state index in [0.717, 1.165) is 6.42 Å². The molecule has 2 heteroatoms. The summed E-state index contributed by atoms with van der Waals surface area (Å²) < 4.78 is 0. The number of unbranched alkanes of at least 4 members (excludes halogenated alkanes) is 5. The van der Waals surface area contributed by atoms with Crippen LogP contribution in [0.25, 0.3) is 0 Å². The summed E-state index contributed by atoms with van der Waals surface area (Å²) in [5.74, 6) is 0.363. The first-order chi connectivity index (χ1) is 7.33. The molecule has 0 unspecified atom stereocenters. The minimum atomic E-state index is 0. The van der Waals surface area contributed by atoms with E-state index in [1.165, 1.54) is 44.1 Å². The molecule has 0 aliphatic rings. The van der Waals surface area contributed by atoms with Gasteiger partial charge in [-0.1, -0.05) is 51.2 Å². The van der Waals surface area contributed by atoms with Crippen molar-refractivity contribution < 1.29 is 5.11 Å². The summed E-state index contributed by atoms with van der Waals surface area (Å²) in [5, 5.41) is 9.13. The second-order valence-corrected chi connectivity index (χ2v) is 4.18. The molecule has 0 aromatic heterocycles. The van der Waals surface area contributed by atoms with E-state index in [0.29, 0.717) is 5.75 Å². The van der Waals surface area contributed by atoms with Crippen LogP contribution in [0.3, 0.4) is 0 Å². The zero-order chi connectivity index (χ0) is 10.9. The Bertz CT molecular complexity index is 256. The maximum absolute atomic E-state index is 9.13. The predicted molar refractivity (Wildman–Crippen MR) is 70.9 cm³/mol. The molecule has 0 saturated carbocycles. The first-order valence-electron chi connectivity index (χ1n) is 6.11. The molecule has 0 fully saturated rings. The molecule has 0 bridgehead atoms. The van der Waals surface area contributed by atoms with Crippen LogP contribution >= 0.6 is 0 Å². The summed E-state index contributed by atoms with van der Waals surface area (Å²) in [5.41, 5.74) is 1.34. The van der Waals surface area contributed by atoms with E-state index in [1.807, 2.05) is 12.1 Å². The van der Waals surface area contributed by atoms with Gasteiger partial charge in [0.1, 0.15) is 5.75 Å². The third kappa shape index (κ3) is 7.80. The number of hydrogen-bond acceptors (Lipinski definition) is 1.